The van der Waals surface area contributed by atoms with Crippen molar-refractivity contribution in [2.75, 3.05) is 17.6 Å². The summed E-state index contributed by atoms with van der Waals surface area (Å²) in [5, 5.41) is 3.21. The molecule has 0 radical (unpaired) electrons. The maximum Gasteiger partial charge on any atom is 0.256 e. The Morgan fingerprint density at radius 2 is 2.24 bits per heavy atom. The molecule has 1 aromatic carbocycles. The van der Waals surface area contributed by atoms with Gasteiger partial charge >= 0.3 is 0 Å². The van der Waals surface area contributed by atoms with Crippen LogP contribution in [0.15, 0.2) is 34.0 Å². The molecule has 0 saturated carbocycles. The second kappa shape index (κ2) is 5.11. The first-order valence-corrected chi connectivity index (χ1v) is 8.05. The van der Waals surface area contributed by atoms with E-state index in [9.17, 15) is 4.79 Å². The number of H-pyrrole nitrogens is 1. The summed E-state index contributed by atoms with van der Waals surface area (Å²) in [4.78, 5) is 20.8. The lowest BCUT2D eigenvalue weighted by molar-refractivity contribution is 0.210. The van der Waals surface area contributed by atoms with Crippen molar-refractivity contribution in [2.24, 2.45) is 0 Å². The van der Waals surface area contributed by atoms with Crippen LogP contribution in [0, 0.1) is 0 Å². The summed E-state index contributed by atoms with van der Waals surface area (Å²) >= 11 is 1.73. The Morgan fingerprint density at radius 3 is 3.19 bits per heavy atom. The van der Waals surface area contributed by atoms with E-state index in [1.54, 1.807) is 11.8 Å². The smallest absolute Gasteiger partial charge is 0.256 e. The third-order valence-corrected chi connectivity index (χ3v) is 4.86. The SMILES string of the molecule is O=c1[nH]c(C2CSc3ccccc3O2)nc2c1CCCN2. The van der Waals surface area contributed by atoms with Gasteiger partial charge in [-0.2, -0.15) is 0 Å². The van der Waals surface area contributed by atoms with E-state index in [1.165, 1.54) is 0 Å². The molecule has 0 amide bonds. The minimum atomic E-state index is -0.216. The molecule has 2 aromatic rings. The van der Waals surface area contributed by atoms with Crippen molar-refractivity contribution in [3.8, 4) is 5.75 Å². The Bertz CT molecular complexity index is 744. The van der Waals surface area contributed by atoms with E-state index in [0.717, 1.165) is 41.3 Å². The average molecular weight is 301 g/mol. The van der Waals surface area contributed by atoms with Gasteiger partial charge in [-0.25, -0.2) is 4.98 Å². The summed E-state index contributed by atoms with van der Waals surface area (Å²) in [7, 11) is 0. The Balaban J connectivity index is 1.69. The number of hydrogen-bond acceptors (Lipinski definition) is 5. The lowest BCUT2D eigenvalue weighted by Gasteiger charge is -2.26. The monoisotopic (exact) mass is 301 g/mol. The van der Waals surface area contributed by atoms with E-state index in [-0.39, 0.29) is 11.7 Å². The predicted molar refractivity (Wildman–Crippen MR) is 82.2 cm³/mol. The number of aromatic nitrogens is 2. The zero-order valence-corrected chi connectivity index (χ0v) is 12.2. The van der Waals surface area contributed by atoms with Crippen LogP contribution in [0.4, 0.5) is 5.82 Å². The predicted octanol–water partition coefficient (Wildman–Crippen LogP) is 2.35. The Kier molecular flexibility index (Phi) is 3.11. The molecule has 2 aliphatic rings. The van der Waals surface area contributed by atoms with Crippen LogP contribution in [0.2, 0.25) is 0 Å². The van der Waals surface area contributed by atoms with Gasteiger partial charge in [-0.3, -0.25) is 4.79 Å². The zero-order chi connectivity index (χ0) is 14.2. The number of fused-ring (bicyclic) bond motifs is 2. The zero-order valence-electron chi connectivity index (χ0n) is 11.4. The van der Waals surface area contributed by atoms with Gasteiger partial charge in [-0.15, -0.1) is 11.8 Å². The fraction of sp³-hybridized carbons (Fsp3) is 0.333. The number of aromatic amines is 1. The van der Waals surface area contributed by atoms with E-state index in [4.69, 9.17) is 4.74 Å². The number of nitrogens with one attached hydrogen (secondary N) is 2. The van der Waals surface area contributed by atoms with Crippen LogP contribution in [-0.2, 0) is 6.42 Å². The van der Waals surface area contributed by atoms with E-state index < -0.39 is 0 Å². The second-order valence-electron chi connectivity index (χ2n) is 5.17. The highest BCUT2D eigenvalue weighted by Gasteiger charge is 2.25. The lowest BCUT2D eigenvalue weighted by Crippen LogP contribution is -2.28. The normalized spacial score (nSPS) is 19.9. The van der Waals surface area contributed by atoms with Crippen molar-refractivity contribution in [3.05, 3.63) is 46.0 Å². The summed E-state index contributed by atoms with van der Waals surface area (Å²) in [6.07, 6.45) is 1.54. The highest BCUT2D eigenvalue weighted by molar-refractivity contribution is 7.99. The topological polar surface area (TPSA) is 67.0 Å². The standard InChI is InChI=1S/C15H15N3O2S/c19-15-9-4-3-7-16-13(9)17-14(18-15)11-8-21-12-6-2-1-5-10(12)20-11/h1-2,5-6,11H,3-4,7-8H2,(H2,16,17,18,19). The van der Waals surface area contributed by atoms with Gasteiger partial charge in [-0.1, -0.05) is 12.1 Å². The molecule has 0 bridgehead atoms. The van der Waals surface area contributed by atoms with Gasteiger partial charge in [0.05, 0.1) is 5.56 Å². The number of anilines is 1. The molecule has 5 nitrogen and oxygen atoms in total. The van der Waals surface area contributed by atoms with Crippen molar-refractivity contribution >= 4 is 17.6 Å². The molecular weight excluding hydrogens is 286 g/mol. The molecule has 21 heavy (non-hydrogen) atoms. The molecule has 0 fully saturated rings. The molecule has 0 spiro atoms. The second-order valence-corrected chi connectivity index (χ2v) is 6.23. The molecule has 0 aliphatic carbocycles. The minimum Gasteiger partial charge on any atom is -0.480 e. The van der Waals surface area contributed by atoms with Crippen LogP contribution in [-0.4, -0.2) is 22.3 Å². The quantitative estimate of drug-likeness (QED) is 0.846. The highest BCUT2D eigenvalue weighted by atomic mass is 32.2. The summed E-state index contributed by atoms with van der Waals surface area (Å²) in [6, 6.07) is 7.94. The average Bonchev–Trinajstić information content (AvgIpc) is 2.54. The molecule has 3 heterocycles. The first-order chi connectivity index (χ1) is 10.3. The molecule has 1 aromatic heterocycles. The molecule has 6 heteroatoms. The van der Waals surface area contributed by atoms with Gasteiger partial charge in [0.2, 0.25) is 0 Å². The third-order valence-electron chi connectivity index (χ3n) is 3.74. The number of rotatable bonds is 1. The fourth-order valence-corrected chi connectivity index (χ4v) is 3.66. The van der Waals surface area contributed by atoms with Crippen molar-refractivity contribution in [1.29, 1.82) is 0 Å². The Morgan fingerprint density at radius 1 is 1.33 bits per heavy atom. The lowest BCUT2D eigenvalue weighted by atomic mass is 10.1. The van der Waals surface area contributed by atoms with Gasteiger partial charge in [0, 0.05) is 17.2 Å². The number of para-hydroxylation sites is 1. The van der Waals surface area contributed by atoms with E-state index in [1.807, 2.05) is 24.3 Å². The number of thioether (sulfide) groups is 1. The fourth-order valence-electron chi connectivity index (χ4n) is 2.67. The third kappa shape index (κ3) is 2.29. The van der Waals surface area contributed by atoms with Crippen molar-refractivity contribution < 1.29 is 4.74 Å². The van der Waals surface area contributed by atoms with Gasteiger partial charge in [0.1, 0.15) is 11.6 Å². The molecule has 2 aliphatic heterocycles. The van der Waals surface area contributed by atoms with Crippen LogP contribution >= 0.6 is 11.8 Å². The van der Waals surface area contributed by atoms with Crippen molar-refractivity contribution in [2.45, 2.75) is 23.8 Å². The molecule has 1 atom stereocenters. The van der Waals surface area contributed by atoms with Crippen molar-refractivity contribution in [3.63, 3.8) is 0 Å². The van der Waals surface area contributed by atoms with Crippen LogP contribution < -0.4 is 15.6 Å². The van der Waals surface area contributed by atoms with Gasteiger partial charge in [-0.05, 0) is 25.0 Å². The van der Waals surface area contributed by atoms with Crippen LogP contribution in [0.3, 0.4) is 0 Å². The minimum absolute atomic E-state index is 0.0466. The molecule has 4 rings (SSSR count). The molecule has 108 valence electrons. The first-order valence-electron chi connectivity index (χ1n) is 7.07. The number of benzene rings is 1. The molecule has 2 N–H and O–H groups in total. The van der Waals surface area contributed by atoms with Crippen LogP contribution in [0.5, 0.6) is 5.75 Å². The Hall–Kier alpha value is -1.95. The summed E-state index contributed by atoms with van der Waals surface area (Å²) < 4.78 is 5.98. The van der Waals surface area contributed by atoms with E-state index in [2.05, 4.69) is 15.3 Å². The van der Waals surface area contributed by atoms with Gasteiger partial charge in [0.15, 0.2) is 11.9 Å². The van der Waals surface area contributed by atoms with E-state index >= 15 is 0 Å². The van der Waals surface area contributed by atoms with Crippen LogP contribution in [0.1, 0.15) is 23.9 Å². The maximum atomic E-state index is 12.2. The number of nitrogens with zero attached hydrogens (tertiary/aromatic N) is 1. The van der Waals surface area contributed by atoms with Gasteiger partial charge in [0.25, 0.3) is 5.56 Å². The number of ether oxygens (including phenoxy) is 1. The summed E-state index contributed by atoms with van der Waals surface area (Å²) in [5.74, 6) is 2.92. The molecule has 0 saturated heterocycles. The summed E-state index contributed by atoms with van der Waals surface area (Å²) in [5.41, 5.74) is 0.712. The van der Waals surface area contributed by atoms with Crippen LogP contribution in [0.25, 0.3) is 0 Å². The summed E-state index contributed by atoms with van der Waals surface area (Å²) in [6.45, 7) is 0.867. The Labute approximate surface area is 126 Å². The van der Waals surface area contributed by atoms with Gasteiger partial charge < -0.3 is 15.0 Å². The highest BCUT2D eigenvalue weighted by Crippen LogP contribution is 2.39. The maximum absolute atomic E-state index is 12.2. The molecule has 1 unspecified atom stereocenters. The largest absolute Gasteiger partial charge is 0.480 e. The van der Waals surface area contributed by atoms with E-state index in [0.29, 0.717) is 11.6 Å². The first kappa shape index (κ1) is 12.8. The van der Waals surface area contributed by atoms with Crippen molar-refractivity contribution in [1.82, 2.24) is 9.97 Å². The molecular formula is C15H15N3O2S. The number of hydrogen-bond donors (Lipinski definition) is 2.